The predicted molar refractivity (Wildman–Crippen MR) is 81.3 cm³/mol. The minimum atomic E-state index is 0.707. The van der Waals surface area contributed by atoms with Crippen molar-refractivity contribution < 1.29 is 0 Å². The summed E-state index contributed by atoms with van der Waals surface area (Å²) in [5.41, 5.74) is 0. The molecule has 1 heterocycles. The first kappa shape index (κ1) is 15.5. The Morgan fingerprint density at radius 1 is 0.632 bits per heavy atom. The lowest BCUT2D eigenvalue weighted by Gasteiger charge is -2.24. The summed E-state index contributed by atoms with van der Waals surface area (Å²) in [5, 5.41) is 0. The van der Waals surface area contributed by atoms with Gasteiger partial charge in [0.05, 0.1) is 0 Å². The lowest BCUT2D eigenvalue weighted by Crippen LogP contribution is -2.30. The summed E-state index contributed by atoms with van der Waals surface area (Å²) in [6, 6.07) is 0. The molecule has 0 N–H and O–H groups in total. The van der Waals surface area contributed by atoms with Crippen molar-refractivity contribution in [3.05, 3.63) is 0 Å². The van der Waals surface area contributed by atoms with Gasteiger partial charge in [-0.25, -0.2) is 0 Å². The molecule has 0 atom stereocenters. The first-order valence-electron chi connectivity index (χ1n) is 7.00. The van der Waals surface area contributed by atoms with Gasteiger partial charge in [0.25, 0.3) is 0 Å². The fourth-order valence-corrected chi connectivity index (χ4v) is 1.84. The third-order valence-electron chi connectivity index (χ3n) is 3.09. The van der Waals surface area contributed by atoms with Crippen LogP contribution in [0.2, 0.25) is 0 Å². The third kappa shape index (κ3) is 3.68. The number of hydrogen-bond acceptors (Lipinski definition) is 6. The Hall–Kier alpha value is -1.59. The van der Waals surface area contributed by atoms with Crippen LogP contribution in [-0.4, -0.2) is 55.2 Å². The molecule has 108 valence electrons. The van der Waals surface area contributed by atoms with Crippen LogP contribution in [0.25, 0.3) is 0 Å². The Morgan fingerprint density at radius 2 is 0.947 bits per heavy atom. The van der Waals surface area contributed by atoms with E-state index in [2.05, 4.69) is 52.4 Å². The molecule has 0 saturated carbocycles. The molecule has 0 fully saturated rings. The number of hydrogen-bond donors (Lipinski definition) is 0. The fraction of sp³-hybridized carbons (Fsp3) is 0.769. The first-order chi connectivity index (χ1) is 9.07. The second-order valence-electron chi connectivity index (χ2n) is 4.47. The second kappa shape index (κ2) is 7.11. The zero-order valence-corrected chi connectivity index (χ0v) is 13.0. The van der Waals surface area contributed by atoms with Crippen molar-refractivity contribution in [2.75, 3.05) is 55.0 Å². The van der Waals surface area contributed by atoms with Gasteiger partial charge < -0.3 is 14.7 Å². The first-order valence-corrected chi connectivity index (χ1v) is 7.00. The molecule has 6 nitrogen and oxygen atoms in total. The highest BCUT2D eigenvalue weighted by atomic mass is 15.4. The molecular formula is C13H26N6. The van der Waals surface area contributed by atoms with Gasteiger partial charge in [0.15, 0.2) is 0 Å². The third-order valence-corrected chi connectivity index (χ3v) is 3.09. The van der Waals surface area contributed by atoms with Crippen molar-refractivity contribution in [2.45, 2.75) is 27.7 Å². The van der Waals surface area contributed by atoms with Crippen molar-refractivity contribution in [1.29, 1.82) is 0 Å². The van der Waals surface area contributed by atoms with E-state index >= 15 is 0 Å². The topological polar surface area (TPSA) is 48.4 Å². The highest BCUT2D eigenvalue weighted by Crippen LogP contribution is 2.17. The summed E-state index contributed by atoms with van der Waals surface area (Å²) in [4.78, 5) is 19.9. The van der Waals surface area contributed by atoms with Crippen molar-refractivity contribution in [3.63, 3.8) is 0 Å². The molecule has 0 spiro atoms. The van der Waals surface area contributed by atoms with Crippen LogP contribution in [0, 0.1) is 0 Å². The van der Waals surface area contributed by atoms with E-state index in [-0.39, 0.29) is 0 Å². The van der Waals surface area contributed by atoms with E-state index in [4.69, 9.17) is 0 Å². The Morgan fingerprint density at radius 3 is 1.21 bits per heavy atom. The average Bonchev–Trinajstić information content (AvgIpc) is 2.41. The number of aromatic nitrogens is 3. The number of rotatable bonds is 7. The van der Waals surface area contributed by atoms with Gasteiger partial charge in [-0.2, -0.15) is 15.0 Å². The summed E-state index contributed by atoms with van der Waals surface area (Å²) >= 11 is 0. The quantitative estimate of drug-likeness (QED) is 0.747. The second-order valence-corrected chi connectivity index (χ2v) is 4.47. The normalized spacial score (nSPS) is 10.4. The highest BCUT2D eigenvalue weighted by Gasteiger charge is 2.15. The van der Waals surface area contributed by atoms with Gasteiger partial charge in [0.2, 0.25) is 17.8 Å². The van der Waals surface area contributed by atoms with Crippen LogP contribution in [0.5, 0.6) is 0 Å². The van der Waals surface area contributed by atoms with E-state index in [1.807, 2.05) is 19.0 Å². The van der Waals surface area contributed by atoms with Crippen molar-refractivity contribution in [3.8, 4) is 0 Å². The smallest absolute Gasteiger partial charge is 0.231 e. The van der Waals surface area contributed by atoms with Crippen LogP contribution < -0.4 is 14.7 Å². The van der Waals surface area contributed by atoms with E-state index in [1.54, 1.807) is 0 Å². The molecular weight excluding hydrogens is 240 g/mol. The summed E-state index contributed by atoms with van der Waals surface area (Å²) in [5.74, 6) is 2.22. The molecule has 6 heteroatoms. The lowest BCUT2D eigenvalue weighted by molar-refractivity contribution is 0.771. The Balaban J connectivity index is 3.24. The maximum Gasteiger partial charge on any atom is 0.231 e. The zero-order chi connectivity index (χ0) is 14.4. The summed E-state index contributed by atoms with van der Waals surface area (Å²) in [7, 11) is 3.90. The highest BCUT2D eigenvalue weighted by molar-refractivity contribution is 5.45. The molecule has 1 aromatic heterocycles. The predicted octanol–water partition coefficient (Wildman–Crippen LogP) is 1.63. The van der Waals surface area contributed by atoms with Crippen LogP contribution in [0.4, 0.5) is 17.8 Å². The molecule has 19 heavy (non-hydrogen) atoms. The molecule has 0 aliphatic heterocycles. The van der Waals surface area contributed by atoms with Crippen LogP contribution in [0.15, 0.2) is 0 Å². The molecule has 1 rings (SSSR count). The minimum Gasteiger partial charge on any atom is -0.347 e. The van der Waals surface area contributed by atoms with Crippen LogP contribution >= 0.6 is 0 Å². The lowest BCUT2D eigenvalue weighted by atomic mass is 10.5. The molecule has 0 aliphatic rings. The van der Waals surface area contributed by atoms with Crippen LogP contribution in [0.1, 0.15) is 27.7 Å². The standard InChI is InChI=1S/C13H26N6/c1-7-18(8-2)12-14-11(17(5)6)15-13(16-12)19(9-3)10-4/h7-10H2,1-6H3. The van der Waals surface area contributed by atoms with E-state index in [9.17, 15) is 0 Å². The van der Waals surface area contributed by atoms with Gasteiger partial charge in [-0.1, -0.05) is 0 Å². The molecule has 0 amide bonds. The zero-order valence-electron chi connectivity index (χ0n) is 13.0. The molecule has 0 saturated heterocycles. The van der Waals surface area contributed by atoms with Crippen molar-refractivity contribution in [2.24, 2.45) is 0 Å². The van der Waals surface area contributed by atoms with Gasteiger partial charge in [-0.3, -0.25) is 0 Å². The molecule has 0 bridgehead atoms. The minimum absolute atomic E-state index is 0.707. The van der Waals surface area contributed by atoms with Crippen molar-refractivity contribution >= 4 is 17.8 Å². The van der Waals surface area contributed by atoms with Crippen molar-refractivity contribution in [1.82, 2.24) is 15.0 Å². The fourth-order valence-electron chi connectivity index (χ4n) is 1.84. The molecule has 0 radical (unpaired) electrons. The largest absolute Gasteiger partial charge is 0.347 e. The van der Waals surface area contributed by atoms with E-state index in [1.165, 1.54) is 0 Å². The average molecular weight is 266 g/mol. The van der Waals surface area contributed by atoms with Gasteiger partial charge in [0.1, 0.15) is 0 Å². The SMILES string of the molecule is CCN(CC)c1nc(N(C)C)nc(N(CC)CC)n1. The van der Waals surface area contributed by atoms with Crippen LogP contribution in [0.3, 0.4) is 0 Å². The Labute approximate surface area is 116 Å². The summed E-state index contributed by atoms with van der Waals surface area (Å²) in [6.07, 6.45) is 0. The Kier molecular flexibility index (Phi) is 5.79. The number of anilines is 3. The van der Waals surface area contributed by atoms with Gasteiger partial charge in [-0.15, -0.1) is 0 Å². The van der Waals surface area contributed by atoms with Gasteiger partial charge in [0, 0.05) is 40.3 Å². The van der Waals surface area contributed by atoms with Gasteiger partial charge >= 0.3 is 0 Å². The van der Waals surface area contributed by atoms with E-state index in [0.717, 1.165) is 38.1 Å². The number of nitrogens with zero attached hydrogens (tertiary/aromatic N) is 6. The van der Waals surface area contributed by atoms with E-state index < -0.39 is 0 Å². The van der Waals surface area contributed by atoms with Crippen LogP contribution in [-0.2, 0) is 0 Å². The van der Waals surface area contributed by atoms with E-state index in [0.29, 0.717) is 5.95 Å². The maximum atomic E-state index is 4.60. The monoisotopic (exact) mass is 266 g/mol. The van der Waals surface area contributed by atoms with Gasteiger partial charge in [-0.05, 0) is 27.7 Å². The summed E-state index contributed by atoms with van der Waals surface area (Å²) < 4.78 is 0. The molecule has 0 aromatic carbocycles. The maximum absolute atomic E-state index is 4.60. The molecule has 0 aliphatic carbocycles. The summed E-state index contributed by atoms with van der Waals surface area (Å²) in [6.45, 7) is 12.0. The molecule has 1 aromatic rings. The Bertz CT molecular complexity index is 354. The molecule has 0 unspecified atom stereocenters.